The first kappa shape index (κ1) is 17.8. The molecule has 1 N–H and O–H groups in total. The van der Waals surface area contributed by atoms with Crippen molar-refractivity contribution in [1.82, 2.24) is 14.8 Å². The molecule has 0 aliphatic carbocycles. The first-order chi connectivity index (χ1) is 13.8. The summed E-state index contributed by atoms with van der Waals surface area (Å²) >= 11 is 0. The zero-order valence-corrected chi connectivity index (χ0v) is 16.7. The average Bonchev–Trinajstić information content (AvgIpc) is 3.06. The fraction of sp³-hybridized carbons (Fsp3) is 0.417. The molecule has 0 spiro atoms. The molecule has 146 valence electrons. The molecule has 4 nitrogen and oxygen atoms in total. The largest absolute Gasteiger partial charge is 0.489 e. The Labute approximate surface area is 166 Å². The van der Waals surface area contributed by atoms with Crippen molar-refractivity contribution in [2.75, 3.05) is 39.8 Å². The summed E-state index contributed by atoms with van der Waals surface area (Å²) in [6.07, 6.45) is 4.98. The smallest absolute Gasteiger partial charge is 0.121 e. The molecule has 4 heterocycles. The number of rotatable bonds is 6. The van der Waals surface area contributed by atoms with Gasteiger partial charge in [-0.05, 0) is 63.2 Å². The molecule has 0 atom stereocenters. The zero-order chi connectivity index (χ0) is 18.9. The predicted octanol–water partition coefficient (Wildman–Crippen LogP) is 4.04. The van der Waals surface area contributed by atoms with Crippen molar-refractivity contribution in [1.29, 1.82) is 0 Å². The van der Waals surface area contributed by atoms with Gasteiger partial charge in [0.15, 0.2) is 0 Å². The Balaban J connectivity index is 1.40. The van der Waals surface area contributed by atoms with Crippen molar-refractivity contribution >= 4 is 21.8 Å². The monoisotopic (exact) mass is 375 g/mol. The van der Waals surface area contributed by atoms with Gasteiger partial charge in [0.1, 0.15) is 12.4 Å². The van der Waals surface area contributed by atoms with Gasteiger partial charge >= 0.3 is 0 Å². The van der Waals surface area contributed by atoms with Crippen LogP contribution in [0.2, 0.25) is 0 Å². The minimum Gasteiger partial charge on any atom is -0.489 e. The van der Waals surface area contributed by atoms with Crippen LogP contribution in [0, 0.1) is 5.92 Å². The Morgan fingerprint density at radius 3 is 2.68 bits per heavy atom. The second kappa shape index (κ2) is 7.61. The van der Waals surface area contributed by atoms with Gasteiger partial charge in [-0.3, -0.25) is 4.90 Å². The Kier molecular flexibility index (Phi) is 4.83. The molecule has 3 aromatic rings. The van der Waals surface area contributed by atoms with Crippen LogP contribution < -0.4 is 10.1 Å². The highest BCUT2D eigenvalue weighted by molar-refractivity contribution is 6.08. The number of aromatic nitrogens is 1. The minimum atomic E-state index is 0.669. The van der Waals surface area contributed by atoms with E-state index in [0.717, 1.165) is 31.3 Å². The van der Waals surface area contributed by atoms with E-state index in [0.29, 0.717) is 6.61 Å². The molecule has 3 aliphatic rings. The Hall–Kier alpha value is -2.30. The van der Waals surface area contributed by atoms with Crippen LogP contribution in [0.4, 0.5) is 0 Å². The molecule has 28 heavy (non-hydrogen) atoms. The predicted molar refractivity (Wildman–Crippen MR) is 116 cm³/mol. The third-order valence-corrected chi connectivity index (χ3v) is 6.44. The molecule has 0 unspecified atom stereocenters. The van der Waals surface area contributed by atoms with Crippen molar-refractivity contribution in [2.24, 2.45) is 5.92 Å². The highest BCUT2D eigenvalue weighted by atomic mass is 16.5. The van der Waals surface area contributed by atoms with E-state index in [1.807, 2.05) is 7.05 Å². The van der Waals surface area contributed by atoms with E-state index in [-0.39, 0.29) is 0 Å². The topological polar surface area (TPSA) is 29.4 Å². The summed E-state index contributed by atoms with van der Waals surface area (Å²) in [6, 6.07) is 15.2. The van der Waals surface area contributed by atoms with Gasteiger partial charge in [0.05, 0.1) is 5.52 Å². The Bertz CT molecular complexity index is 1010. The quantitative estimate of drug-likeness (QED) is 0.659. The minimum absolute atomic E-state index is 0.669. The van der Waals surface area contributed by atoms with Crippen LogP contribution in [0.25, 0.3) is 21.8 Å². The van der Waals surface area contributed by atoms with Crippen LogP contribution in [-0.4, -0.2) is 49.3 Å². The molecule has 6 rings (SSSR count). The Morgan fingerprint density at radius 1 is 1.07 bits per heavy atom. The van der Waals surface area contributed by atoms with Crippen LogP contribution >= 0.6 is 0 Å². The van der Waals surface area contributed by atoms with Crippen LogP contribution in [0.1, 0.15) is 12.8 Å². The van der Waals surface area contributed by atoms with Crippen LogP contribution in [0.15, 0.2) is 54.1 Å². The maximum absolute atomic E-state index is 6.16. The molecular formula is C24H29N3O. The van der Waals surface area contributed by atoms with Gasteiger partial charge in [0.25, 0.3) is 0 Å². The van der Waals surface area contributed by atoms with Crippen molar-refractivity contribution in [3.05, 3.63) is 54.1 Å². The normalized spacial score (nSPS) is 23.1. The van der Waals surface area contributed by atoms with Gasteiger partial charge in [-0.2, -0.15) is 0 Å². The lowest BCUT2D eigenvalue weighted by atomic mass is 9.84. The number of hydrogen-bond donors (Lipinski definition) is 1. The number of fused-ring (bicyclic) bond motifs is 6. The maximum atomic E-state index is 6.16. The van der Waals surface area contributed by atoms with Crippen LogP contribution in [0.5, 0.6) is 5.75 Å². The van der Waals surface area contributed by atoms with E-state index in [1.54, 1.807) is 5.57 Å². The summed E-state index contributed by atoms with van der Waals surface area (Å²) in [5.41, 5.74) is 4.13. The fourth-order valence-corrected chi connectivity index (χ4v) is 4.91. The van der Waals surface area contributed by atoms with Gasteiger partial charge in [-0.1, -0.05) is 23.8 Å². The number of hydrogen-bond acceptors (Lipinski definition) is 3. The molecule has 2 aromatic carbocycles. The summed E-state index contributed by atoms with van der Waals surface area (Å²) in [6.45, 7) is 6.26. The number of ether oxygens (including phenoxy) is 1. The lowest BCUT2D eigenvalue weighted by molar-refractivity contribution is 0.160. The molecule has 0 amide bonds. The number of nitrogens with one attached hydrogen (secondary N) is 1. The Morgan fingerprint density at radius 2 is 1.89 bits per heavy atom. The molecule has 4 heteroatoms. The molecular weight excluding hydrogens is 346 g/mol. The van der Waals surface area contributed by atoms with Gasteiger partial charge in [0, 0.05) is 42.0 Å². The summed E-state index contributed by atoms with van der Waals surface area (Å²) in [7, 11) is 2.00. The SMILES string of the molecule is CNCCn1c2ccccc2c2ccc(OCC=C3CN4CCC3CC4)cc21. The second-order valence-corrected chi connectivity index (χ2v) is 8.09. The first-order valence-electron chi connectivity index (χ1n) is 10.5. The molecule has 3 fully saturated rings. The van der Waals surface area contributed by atoms with Gasteiger partial charge in [-0.15, -0.1) is 0 Å². The number of nitrogens with zero attached hydrogens (tertiary/aromatic N) is 2. The third kappa shape index (κ3) is 3.21. The van der Waals surface area contributed by atoms with E-state index in [9.17, 15) is 0 Å². The fourth-order valence-electron chi connectivity index (χ4n) is 4.91. The van der Waals surface area contributed by atoms with Crippen molar-refractivity contribution < 1.29 is 4.74 Å². The van der Waals surface area contributed by atoms with Crippen molar-refractivity contribution in [2.45, 2.75) is 19.4 Å². The van der Waals surface area contributed by atoms with E-state index < -0.39 is 0 Å². The van der Waals surface area contributed by atoms with E-state index in [4.69, 9.17) is 4.74 Å². The second-order valence-electron chi connectivity index (χ2n) is 8.09. The number of para-hydroxylation sites is 1. The summed E-state index contributed by atoms with van der Waals surface area (Å²) in [5.74, 6) is 1.75. The number of benzene rings is 2. The van der Waals surface area contributed by atoms with E-state index in [1.165, 1.54) is 47.7 Å². The highest BCUT2D eigenvalue weighted by Gasteiger charge is 2.28. The standard InChI is InChI=1S/C24H29N3O/c1-25-11-14-27-23-5-3-2-4-21(23)22-7-6-20(16-24(22)27)28-15-10-19-17-26-12-8-18(19)9-13-26/h2-7,10,16,18,25H,8-9,11-15,17H2,1H3. The molecule has 0 saturated carbocycles. The van der Waals surface area contributed by atoms with Gasteiger partial charge < -0.3 is 14.6 Å². The zero-order valence-electron chi connectivity index (χ0n) is 16.7. The highest BCUT2D eigenvalue weighted by Crippen LogP contribution is 2.33. The summed E-state index contributed by atoms with van der Waals surface area (Å²) in [4.78, 5) is 2.57. The number of likely N-dealkylation sites (N-methyl/N-ethyl adjacent to an activating group) is 1. The first-order valence-corrected chi connectivity index (χ1v) is 10.5. The lowest BCUT2D eigenvalue weighted by Crippen LogP contribution is -2.43. The number of piperidine rings is 3. The molecule has 3 aliphatic heterocycles. The molecule has 2 bridgehead atoms. The molecule has 0 radical (unpaired) electrons. The van der Waals surface area contributed by atoms with E-state index >= 15 is 0 Å². The lowest BCUT2D eigenvalue weighted by Gasteiger charge is -2.41. The van der Waals surface area contributed by atoms with E-state index in [2.05, 4.69) is 63.3 Å². The molecule has 3 saturated heterocycles. The third-order valence-electron chi connectivity index (χ3n) is 6.44. The summed E-state index contributed by atoms with van der Waals surface area (Å²) < 4.78 is 8.56. The maximum Gasteiger partial charge on any atom is 0.121 e. The average molecular weight is 376 g/mol. The van der Waals surface area contributed by atoms with Crippen LogP contribution in [-0.2, 0) is 6.54 Å². The molecule has 1 aromatic heterocycles. The van der Waals surface area contributed by atoms with Gasteiger partial charge in [-0.25, -0.2) is 0 Å². The summed E-state index contributed by atoms with van der Waals surface area (Å²) in [5, 5.41) is 5.89. The van der Waals surface area contributed by atoms with Crippen molar-refractivity contribution in [3.63, 3.8) is 0 Å². The van der Waals surface area contributed by atoms with Gasteiger partial charge in [0.2, 0.25) is 0 Å². The van der Waals surface area contributed by atoms with Crippen molar-refractivity contribution in [3.8, 4) is 5.75 Å². The van der Waals surface area contributed by atoms with Crippen LogP contribution in [0.3, 0.4) is 0 Å².